The molecule has 0 saturated carbocycles. The van der Waals surface area contributed by atoms with Gasteiger partial charge in [-0.2, -0.15) is 8.78 Å². The molecule has 0 radical (unpaired) electrons. The number of nitrogens with two attached hydrogens (primary N) is 3. The van der Waals surface area contributed by atoms with Crippen molar-refractivity contribution in [3.05, 3.63) is 63.5 Å². The van der Waals surface area contributed by atoms with Gasteiger partial charge in [-0.25, -0.2) is 15.0 Å². The number of rotatable bonds is 3. The largest absolute Gasteiger partial charge is 0.375 e. The number of nitrogen functional groups attached to an aromatic ring is 1. The maximum atomic E-state index is 14.7. The summed E-state index contributed by atoms with van der Waals surface area (Å²) in [5.74, 6) is -4.72. The molecule has 1 atom stereocenters. The van der Waals surface area contributed by atoms with E-state index in [0.717, 1.165) is 35.5 Å². The molecule has 10 nitrogen and oxygen atoms in total. The summed E-state index contributed by atoms with van der Waals surface area (Å²) in [5.41, 5.74) is 19.5. The first-order valence-corrected chi connectivity index (χ1v) is 13.1. The minimum absolute atomic E-state index is 0.00915. The van der Waals surface area contributed by atoms with E-state index in [9.17, 15) is 18.4 Å². The number of halogens is 2. The number of carbonyl (C=O) groups excluding carboxylic acids is 2. The van der Waals surface area contributed by atoms with Crippen LogP contribution in [0.5, 0.6) is 0 Å². The molecule has 38 heavy (non-hydrogen) atoms. The standard InChI is InChI=1S/C25H26F2N8O2S/c26-25(27)12-35(11-16-19(25)33-23(30)38-16)22(37)15-10-31-21(17(32-15)20(29)36)34-7-5-24(6-8-34)9-13-3-1-2-4-14(13)18(24)28/h1-4,10,18H,5-9,11-12,28H2,(H2,29,36)(H2,30,33)/t18-/m1/s1. The Hall–Kier alpha value is -3.71. The van der Waals surface area contributed by atoms with Crippen molar-refractivity contribution in [3.8, 4) is 0 Å². The number of hydrogen-bond donors (Lipinski definition) is 3. The first kappa shape index (κ1) is 24.6. The van der Waals surface area contributed by atoms with Crippen LogP contribution in [-0.2, 0) is 18.9 Å². The Kier molecular flexibility index (Phi) is 5.61. The SMILES string of the molecule is NC(=O)c1nc(C(=O)N2Cc3sc(N)nc3C(F)(F)C2)cnc1N1CCC2(CC1)Cc1ccccc1[C@H]2N. The summed E-state index contributed by atoms with van der Waals surface area (Å²) in [6.07, 6.45) is 3.67. The van der Waals surface area contributed by atoms with Gasteiger partial charge < -0.3 is 27.0 Å². The summed E-state index contributed by atoms with van der Waals surface area (Å²) in [4.78, 5) is 40.8. The molecule has 13 heteroatoms. The molecule has 6 N–H and O–H groups in total. The molecular formula is C25H26F2N8O2S. The number of carbonyl (C=O) groups is 2. The smallest absolute Gasteiger partial charge is 0.308 e. The Morgan fingerprint density at radius 1 is 1.13 bits per heavy atom. The Morgan fingerprint density at radius 2 is 1.87 bits per heavy atom. The average molecular weight is 541 g/mol. The third-order valence-electron chi connectivity index (χ3n) is 7.93. The molecule has 2 amide bonds. The average Bonchev–Trinajstić information content (AvgIpc) is 3.41. The number of fused-ring (bicyclic) bond motifs is 2. The second-order valence-corrected chi connectivity index (χ2v) is 11.3. The summed E-state index contributed by atoms with van der Waals surface area (Å²) < 4.78 is 29.3. The molecule has 1 saturated heterocycles. The molecule has 1 fully saturated rings. The van der Waals surface area contributed by atoms with Crippen molar-refractivity contribution < 1.29 is 18.4 Å². The van der Waals surface area contributed by atoms with Crippen LogP contribution in [0.1, 0.15) is 61.6 Å². The van der Waals surface area contributed by atoms with Crippen molar-refractivity contribution in [1.82, 2.24) is 19.9 Å². The van der Waals surface area contributed by atoms with Gasteiger partial charge in [-0.05, 0) is 35.8 Å². The van der Waals surface area contributed by atoms with Gasteiger partial charge in [-0.15, -0.1) is 0 Å². The summed E-state index contributed by atoms with van der Waals surface area (Å²) >= 11 is 0.909. The van der Waals surface area contributed by atoms with Crippen LogP contribution in [0.15, 0.2) is 30.5 Å². The molecule has 1 aromatic carbocycles. The number of amides is 2. The molecular weight excluding hydrogens is 514 g/mol. The van der Waals surface area contributed by atoms with Gasteiger partial charge in [0.1, 0.15) is 11.4 Å². The van der Waals surface area contributed by atoms with Crippen LogP contribution in [0.3, 0.4) is 0 Å². The number of nitrogens with zero attached hydrogens (tertiary/aromatic N) is 5. The normalized spacial score (nSPS) is 21.3. The third kappa shape index (κ3) is 3.88. The highest BCUT2D eigenvalue weighted by atomic mass is 32.1. The Morgan fingerprint density at radius 3 is 2.58 bits per heavy atom. The second-order valence-electron chi connectivity index (χ2n) is 10.2. The predicted octanol–water partition coefficient (Wildman–Crippen LogP) is 2.20. The zero-order valence-electron chi connectivity index (χ0n) is 20.4. The maximum absolute atomic E-state index is 14.7. The molecule has 4 heterocycles. The molecule has 198 valence electrons. The first-order valence-electron chi connectivity index (χ1n) is 12.3. The summed E-state index contributed by atoms with van der Waals surface area (Å²) in [5, 5.41) is 0.00915. The van der Waals surface area contributed by atoms with E-state index in [1.807, 2.05) is 17.0 Å². The predicted molar refractivity (Wildman–Crippen MR) is 137 cm³/mol. The molecule has 1 aliphatic carbocycles. The van der Waals surface area contributed by atoms with E-state index in [-0.39, 0.29) is 45.2 Å². The van der Waals surface area contributed by atoms with Gasteiger partial charge in [-0.3, -0.25) is 9.59 Å². The minimum Gasteiger partial charge on any atom is -0.375 e. The number of anilines is 2. The van der Waals surface area contributed by atoms with E-state index >= 15 is 0 Å². The number of hydrogen-bond acceptors (Lipinski definition) is 9. The van der Waals surface area contributed by atoms with E-state index in [1.165, 1.54) is 17.3 Å². The molecule has 3 aliphatic rings. The van der Waals surface area contributed by atoms with Crippen LogP contribution >= 0.6 is 11.3 Å². The van der Waals surface area contributed by atoms with Crippen molar-refractivity contribution in [2.75, 3.05) is 30.3 Å². The van der Waals surface area contributed by atoms with Crippen molar-refractivity contribution in [3.63, 3.8) is 0 Å². The topological polar surface area (TPSA) is 157 Å². The second kappa shape index (κ2) is 8.67. The van der Waals surface area contributed by atoms with E-state index in [1.54, 1.807) is 0 Å². The maximum Gasteiger partial charge on any atom is 0.308 e. The van der Waals surface area contributed by atoms with E-state index in [4.69, 9.17) is 17.2 Å². The van der Waals surface area contributed by atoms with Gasteiger partial charge in [0.25, 0.3) is 11.8 Å². The highest BCUT2D eigenvalue weighted by molar-refractivity contribution is 7.15. The molecule has 2 aliphatic heterocycles. The van der Waals surface area contributed by atoms with E-state index in [0.29, 0.717) is 13.1 Å². The van der Waals surface area contributed by atoms with Gasteiger partial charge in [-0.1, -0.05) is 35.6 Å². The Balaban J connectivity index is 1.22. The zero-order valence-corrected chi connectivity index (χ0v) is 21.2. The Bertz CT molecular complexity index is 1450. The van der Waals surface area contributed by atoms with E-state index in [2.05, 4.69) is 27.1 Å². The lowest BCUT2D eigenvalue weighted by Crippen LogP contribution is -2.45. The lowest BCUT2D eigenvalue weighted by atomic mass is 9.73. The van der Waals surface area contributed by atoms with Crippen LogP contribution in [0.25, 0.3) is 0 Å². The van der Waals surface area contributed by atoms with Crippen molar-refractivity contribution in [1.29, 1.82) is 0 Å². The van der Waals surface area contributed by atoms with Gasteiger partial charge in [0.05, 0.1) is 24.2 Å². The lowest BCUT2D eigenvalue weighted by molar-refractivity contribution is -0.0479. The van der Waals surface area contributed by atoms with Gasteiger partial charge in [0.15, 0.2) is 16.6 Å². The van der Waals surface area contributed by atoms with Crippen molar-refractivity contribution >= 4 is 34.1 Å². The van der Waals surface area contributed by atoms with Crippen molar-refractivity contribution in [2.45, 2.75) is 37.8 Å². The zero-order chi connectivity index (χ0) is 26.8. The minimum atomic E-state index is -3.36. The monoisotopic (exact) mass is 540 g/mol. The highest BCUT2D eigenvalue weighted by Gasteiger charge is 2.47. The fourth-order valence-electron chi connectivity index (χ4n) is 5.96. The van der Waals surface area contributed by atoms with Crippen LogP contribution in [0.2, 0.25) is 0 Å². The fourth-order valence-corrected chi connectivity index (χ4v) is 6.87. The molecule has 2 aromatic heterocycles. The van der Waals surface area contributed by atoms with Gasteiger partial charge in [0, 0.05) is 19.1 Å². The molecule has 3 aromatic rings. The summed E-state index contributed by atoms with van der Waals surface area (Å²) in [6.45, 7) is 0.189. The number of benzene rings is 1. The van der Waals surface area contributed by atoms with Crippen LogP contribution in [0, 0.1) is 5.41 Å². The van der Waals surface area contributed by atoms with E-state index < -0.39 is 30.0 Å². The van der Waals surface area contributed by atoms with Gasteiger partial charge in [0.2, 0.25) is 0 Å². The number of primary amides is 1. The molecule has 0 unspecified atom stereocenters. The fraction of sp³-hybridized carbons (Fsp3) is 0.400. The lowest BCUT2D eigenvalue weighted by Gasteiger charge is -2.42. The summed E-state index contributed by atoms with van der Waals surface area (Å²) in [7, 11) is 0. The van der Waals surface area contributed by atoms with Crippen LogP contribution < -0.4 is 22.1 Å². The number of aromatic nitrogens is 3. The quantitative estimate of drug-likeness (QED) is 0.456. The van der Waals surface area contributed by atoms with Gasteiger partial charge >= 0.3 is 5.92 Å². The molecule has 6 rings (SSSR count). The summed E-state index contributed by atoms with van der Waals surface area (Å²) in [6, 6.07) is 8.15. The third-order valence-corrected chi connectivity index (χ3v) is 8.80. The molecule has 1 spiro atoms. The van der Waals surface area contributed by atoms with Crippen LogP contribution in [0.4, 0.5) is 19.7 Å². The highest BCUT2D eigenvalue weighted by Crippen LogP contribution is 2.51. The molecule has 0 bridgehead atoms. The first-order chi connectivity index (χ1) is 18.1. The number of piperidine rings is 1. The number of alkyl halides is 2. The number of thiazole rings is 1. The van der Waals surface area contributed by atoms with Crippen LogP contribution in [-0.4, -0.2) is 51.3 Å². The Labute approximate surface area is 220 Å². The van der Waals surface area contributed by atoms with Crippen molar-refractivity contribution in [2.24, 2.45) is 16.9 Å².